The fraction of sp³-hybridized carbons (Fsp3) is 0.500. The first-order chi connectivity index (χ1) is 8.19. The van der Waals surface area contributed by atoms with Gasteiger partial charge in [0.05, 0.1) is 12.1 Å². The van der Waals surface area contributed by atoms with Crippen molar-refractivity contribution in [3.63, 3.8) is 0 Å². The van der Waals surface area contributed by atoms with Gasteiger partial charge in [-0.2, -0.15) is 0 Å². The number of hydrogen-bond acceptors (Lipinski definition) is 3. The van der Waals surface area contributed by atoms with E-state index in [1.807, 2.05) is 18.2 Å². The lowest BCUT2D eigenvalue weighted by Crippen LogP contribution is -2.29. The smallest absolute Gasteiger partial charge is 0.137 e. The molecule has 0 spiro atoms. The Morgan fingerprint density at radius 1 is 1.41 bits per heavy atom. The van der Waals surface area contributed by atoms with Crippen LogP contribution in [0.4, 0.5) is 5.69 Å². The van der Waals surface area contributed by atoms with Gasteiger partial charge >= 0.3 is 0 Å². The van der Waals surface area contributed by atoms with E-state index in [4.69, 9.17) is 16.3 Å². The molecule has 0 aliphatic carbocycles. The Hall–Kier alpha value is -0.740. The van der Waals surface area contributed by atoms with Crippen molar-refractivity contribution in [1.29, 1.82) is 0 Å². The molecule has 0 bridgehead atoms. The molecular weight excluding hydrogens is 258 g/mol. The Kier molecular flexibility index (Phi) is 4.29. The quantitative estimate of drug-likeness (QED) is 0.920. The number of halogens is 1. The molecule has 0 saturated carbocycles. The number of rotatable bonds is 3. The molecule has 0 atom stereocenters. The standard InChI is InChI=1S/C12H16ClNO2S/c1-16-12-3-2-10(8-11(12)13)14-9-4-6-17(15)7-5-9/h2-3,8-9,14H,4-7H2,1H3. The normalized spacial score (nSPS) is 24.4. The van der Waals surface area contributed by atoms with Gasteiger partial charge in [0.2, 0.25) is 0 Å². The topological polar surface area (TPSA) is 38.3 Å². The van der Waals surface area contributed by atoms with E-state index in [0.29, 0.717) is 16.8 Å². The van der Waals surface area contributed by atoms with Crippen LogP contribution in [0.15, 0.2) is 18.2 Å². The van der Waals surface area contributed by atoms with Crippen LogP contribution < -0.4 is 10.1 Å². The Labute approximate surface area is 109 Å². The van der Waals surface area contributed by atoms with Gasteiger partial charge in [-0.1, -0.05) is 11.6 Å². The molecular formula is C12H16ClNO2S. The average molecular weight is 274 g/mol. The van der Waals surface area contributed by atoms with Crippen LogP contribution in [-0.2, 0) is 10.8 Å². The maximum atomic E-state index is 11.2. The van der Waals surface area contributed by atoms with Crippen LogP contribution in [0.25, 0.3) is 0 Å². The van der Waals surface area contributed by atoms with Crippen molar-refractivity contribution in [2.24, 2.45) is 0 Å². The average Bonchev–Trinajstić information content (AvgIpc) is 2.32. The maximum Gasteiger partial charge on any atom is 0.137 e. The largest absolute Gasteiger partial charge is 0.495 e. The van der Waals surface area contributed by atoms with Crippen molar-refractivity contribution in [3.05, 3.63) is 23.2 Å². The van der Waals surface area contributed by atoms with E-state index in [9.17, 15) is 4.21 Å². The third-order valence-electron chi connectivity index (χ3n) is 2.91. The summed E-state index contributed by atoms with van der Waals surface area (Å²) in [5.41, 5.74) is 0.994. The van der Waals surface area contributed by atoms with E-state index < -0.39 is 10.8 Å². The molecule has 1 heterocycles. The summed E-state index contributed by atoms with van der Waals surface area (Å²) in [5.74, 6) is 2.27. The zero-order chi connectivity index (χ0) is 12.3. The first kappa shape index (κ1) is 12.7. The van der Waals surface area contributed by atoms with Crippen molar-refractivity contribution in [2.45, 2.75) is 18.9 Å². The summed E-state index contributed by atoms with van der Waals surface area (Å²) in [6.45, 7) is 0. The molecule has 1 aliphatic rings. The van der Waals surface area contributed by atoms with Crippen LogP contribution in [0.1, 0.15) is 12.8 Å². The van der Waals surface area contributed by atoms with Crippen molar-refractivity contribution in [2.75, 3.05) is 23.9 Å². The molecule has 0 unspecified atom stereocenters. The highest BCUT2D eigenvalue weighted by molar-refractivity contribution is 7.85. The van der Waals surface area contributed by atoms with E-state index in [2.05, 4.69) is 5.32 Å². The van der Waals surface area contributed by atoms with Crippen molar-refractivity contribution < 1.29 is 8.95 Å². The van der Waals surface area contributed by atoms with Crippen molar-refractivity contribution in [3.8, 4) is 5.75 Å². The number of anilines is 1. The molecule has 1 aromatic rings. The van der Waals surface area contributed by atoms with Crippen LogP contribution in [0.2, 0.25) is 5.02 Å². The van der Waals surface area contributed by atoms with Gasteiger partial charge in [-0.15, -0.1) is 0 Å². The molecule has 0 radical (unpaired) electrons. The van der Waals surface area contributed by atoms with Crippen molar-refractivity contribution in [1.82, 2.24) is 0 Å². The summed E-state index contributed by atoms with van der Waals surface area (Å²) in [6.07, 6.45) is 1.91. The second-order valence-electron chi connectivity index (χ2n) is 4.12. The second-order valence-corrected chi connectivity index (χ2v) is 6.22. The van der Waals surface area contributed by atoms with Crippen molar-refractivity contribution >= 4 is 28.1 Å². The number of benzene rings is 1. The third kappa shape index (κ3) is 3.36. The van der Waals surface area contributed by atoms with Gasteiger partial charge in [-0.3, -0.25) is 4.21 Å². The number of methoxy groups -OCH3 is 1. The Morgan fingerprint density at radius 2 is 2.12 bits per heavy atom. The molecule has 1 aliphatic heterocycles. The lowest BCUT2D eigenvalue weighted by molar-refractivity contribution is 0.415. The Morgan fingerprint density at radius 3 is 2.71 bits per heavy atom. The van der Waals surface area contributed by atoms with E-state index in [1.165, 1.54) is 0 Å². The molecule has 17 heavy (non-hydrogen) atoms. The Balaban J connectivity index is 1.99. The van der Waals surface area contributed by atoms with Crippen LogP contribution in [0.5, 0.6) is 5.75 Å². The monoisotopic (exact) mass is 273 g/mol. The summed E-state index contributed by atoms with van der Waals surface area (Å²) in [5, 5.41) is 4.03. The fourth-order valence-corrected chi connectivity index (χ4v) is 3.49. The summed E-state index contributed by atoms with van der Waals surface area (Å²) >= 11 is 6.06. The predicted octanol–water partition coefficient (Wildman–Crippen LogP) is 2.67. The van der Waals surface area contributed by atoms with Crippen LogP contribution >= 0.6 is 11.6 Å². The first-order valence-corrected chi connectivity index (χ1v) is 7.50. The molecule has 2 rings (SSSR count). The Bertz CT molecular complexity index is 415. The molecule has 1 N–H and O–H groups in total. The van der Waals surface area contributed by atoms with Gasteiger partial charge in [0.15, 0.2) is 0 Å². The zero-order valence-electron chi connectivity index (χ0n) is 9.74. The molecule has 1 fully saturated rings. The van der Waals surface area contributed by atoms with E-state index in [0.717, 1.165) is 30.0 Å². The molecule has 94 valence electrons. The highest BCUT2D eigenvalue weighted by atomic mass is 35.5. The molecule has 0 aromatic heterocycles. The van der Waals surface area contributed by atoms with Crippen LogP contribution in [0, 0.1) is 0 Å². The summed E-state index contributed by atoms with van der Waals surface area (Å²) < 4.78 is 16.3. The van der Waals surface area contributed by atoms with Gasteiger partial charge in [-0.25, -0.2) is 0 Å². The van der Waals surface area contributed by atoms with E-state index >= 15 is 0 Å². The molecule has 1 aromatic carbocycles. The fourth-order valence-electron chi connectivity index (χ4n) is 1.93. The summed E-state index contributed by atoms with van der Waals surface area (Å²) in [4.78, 5) is 0. The molecule has 0 amide bonds. The predicted molar refractivity (Wildman–Crippen MR) is 72.5 cm³/mol. The van der Waals surface area contributed by atoms with Gasteiger partial charge < -0.3 is 10.1 Å². The number of nitrogens with one attached hydrogen (secondary N) is 1. The molecule has 3 nitrogen and oxygen atoms in total. The first-order valence-electron chi connectivity index (χ1n) is 5.64. The maximum absolute atomic E-state index is 11.2. The summed E-state index contributed by atoms with van der Waals surface area (Å²) in [7, 11) is 0.988. The van der Waals surface area contributed by atoms with E-state index in [1.54, 1.807) is 7.11 Å². The van der Waals surface area contributed by atoms with Gasteiger partial charge in [0.25, 0.3) is 0 Å². The van der Waals surface area contributed by atoms with Gasteiger partial charge in [0.1, 0.15) is 5.75 Å². The third-order valence-corrected chi connectivity index (χ3v) is 4.59. The highest BCUT2D eigenvalue weighted by Crippen LogP contribution is 2.28. The second kappa shape index (κ2) is 5.74. The molecule has 5 heteroatoms. The van der Waals surface area contributed by atoms with Gasteiger partial charge in [-0.05, 0) is 31.0 Å². The van der Waals surface area contributed by atoms with Crippen LogP contribution in [0.3, 0.4) is 0 Å². The lowest BCUT2D eigenvalue weighted by atomic mass is 10.1. The van der Waals surface area contributed by atoms with E-state index in [-0.39, 0.29) is 0 Å². The number of ether oxygens (including phenoxy) is 1. The van der Waals surface area contributed by atoms with Gasteiger partial charge in [0, 0.05) is 34.0 Å². The minimum atomic E-state index is -0.614. The highest BCUT2D eigenvalue weighted by Gasteiger charge is 2.17. The van der Waals surface area contributed by atoms with Crippen LogP contribution in [-0.4, -0.2) is 28.9 Å². The minimum absolute atomic E-state index is 0.400. The zero-order valence-corrected chi connectivity index (χ0v) is 11.3. The SMILES string of the molecule is COc1ccc(NC2CCS(=O)CC2)cc1Cl. The lowest BCUT2D eigenvalue weighted by Gasteiger charge is -2.23. The minimum Gasteiger partial charge on any atom is -0.495 e. The summed E-state index contributed by atoms with van der Waals surface area (Å²) in [6, 6.07) is 6.07. The number of hydrogen-bond donors (Lipinski definition) is 1. The molecule has 1 saturated heterocycles.